The molecule has 0 radical (unpaired) electrons. The molecule has 0 N–H and O–H groups in total. The summed E-state index contributed by atoms with van der Waals surface area (Å²) >= 11 is 0. The van der Waals surface area contributed by atoms with E-state index in [1.165, 1.54) is 0 Å². The SMILES string of the molecule is O=C1c2ccccc2OC2(CCCC2)C12OC1=C(SS2)C2(CCCC2)Oc2ccccc21. The average molecular weight is 465 g/mol. The third-order valence-corrected chi connectivity index (χ3v) is 10.8. The zero-order chi connectivity index (χ0) is 21.4. The summed E-state index contributed by atoms with van der Waals surface area (Å²) in [5, 5.41) is 0. The number of Topliss-reactive ketones (excluding diaryl/α,β-unsaturated/α-hetero) is 1. The van der Waals surface area contributed by atoms with Crippen molar-refractivity contribution in [3.8, 4) is 11.5 Å². The van der Waals surface area contributed by atoms with Crippen molar-refractivity contribution in [2.24, 2.45) is 0 Å². The molecule has 2 saturated carbocycles. The lowest BCUT2D eigenvalue weighted by Crippen LogP contribution is -2.63. The molecule has 2 aromatic rings. The van der Waals surface area contributed by atoms with Crippen LogP contribution in [-0.4, -0.2) is 21.9 Å². The summed E-state index contributed by atoms with van der Waals surface area (Å²) in [6.45, 7) is 0. The first-order chi connectivity index (χ1) is 15.7. The van der Waals surface area contributed by atoms with Crippen LogP contribution >= 0.6 is 21.6 Å². The smallest absolute Gasteiger partial charge is 0.266 e. The van der Waals surface area contributed by atoms with Gasteiger partial charge in [0.15, 0.2) is 5.60 Å². The van der Waals surface area contributed by atoms with Crippen LogP contribution in [0.4, 0.5) is 0 Å². The van der Waals surface area contributed by atoms with Crippen molar-refractivity contribution >= 4 is 33.1 Å². The summed E-state index contributed by atoms with van der Waals surface area (Å²) in [7, 11) is 3.25. The predicted molar refractivity (Wildman–Crippen MR) is 127 cm³/mol. The molecule has 0 saturated heterocycles. The molecule has 0 amide bonds. The number of hydrogen-bond acceptors (Lipinski definition) is 6. The largest absolute Gasteiger partial charge is 0.481 e. The van der Waals surface area contributed by atoms with Gasteiger partial charge in [-0.2, -0.15) is 0 Å². The minimum absolute atomic E-state index is 0.0368. The Bertz CT molecular complexity index is 1160. The molecular weight excluding hydrogens is 440 g/mol. The standard InChI is InChI=1S/C26H24O4S2/c27-22-18-10-2-4-12-20(18)29-25(15-7-8-16-25)26(22)30-21-17-9-1-3-11-19(17)28-24(13-5-6-14-24)23(21)31-32-26/h1-4,9-12H,5-8,13-16H2. The lowest BCUT2D eigenvalue weighted by molar-refractivity contribution is -0.0629. The van der Waals surface area contributed by atoms with Crippen LogP contribution in [-0.2, 0) is 4.74 Å². The number of ketones is 1. The molecule has 2 aromatic carbocycles. The van der Waals surface area contributed by atoms with Gasteiger partial charge in [0.05, 0.1) is 16.0 Å². The van der Waals surface area contributed by atoms with Gasteiger partial charge in [-0.15, -0.1) is 0 Å². The fourth-order valence-electron chi connectivity index (χ4n) is 6.12. The van der Waals surface area contributed by atoms with E-state index in [0.29, 0.717) is 11.3 Å². The second-order valence-electron chi connectivity index (χ2n) is 9.47. The highest BCUT2D eigenvalue weighted by atomic mass is 33.1. The first kappa shape index (κ1) is 19.4. The highest BCUT2D eigenvalue weighted by Crippen LogP contribution is 2.67. The normalized spacial score (nSPS) is 28.7. The zero-order valence-electron chi connectivity index (χ0n) is 17.7. The average Bonchev–Trinajstić information content (AvgIpc) is 3.49. The first-order valence-electron chi connectivity index (χ1n) is 11.6. The summed E-state index contributed by atoms with van der Waals surface area (Å²) < 4.78 is 20.3. The van der Waals surface area contributed by atoms with Crippen molar-refractivity contribution in [3.05, 3.63) is 64.6 Å². The van der Waals surface area contributed by atoms with Gasteiger partial charge in [0, 0.05) is 0 Å². The topological polar surface area (TPSA) is 44.8 Å². The van der Waals surface area contributed by atoms with Crippen LogP contribution in [0.1, 0.15) is 67.3 Å². The number of carbonyl (C=O) groups is 1. The van der Waals surface area contributed by atoms with Crippen molar-refractivity contribution in [3.63, 3.8) is 0 Å². The second-order valence-corrected chi connectivity index (χ2v) is 11.8. The van der Waals surface area contributed by atoms with Crippen LogP contribution in [0.2, 0.25) is 0 Å². The number of para-hydroxylation sites is 2. The zero-order valence-corrected chi connectivity index (χ0v) is 19.4. The number of benzene rings is 2. The molecule has 4 nitrogen and oxygen atoms in total. The number of rotatable bonds is 0. The van der Waals surface area contributed by atoms with E-state index >= 15 is 0 Å². The second kappa shape index (κ2) is 6.73. The van der Waals surface area contributed by atoms with Gasteiger partial charge < -0.3 is 14.2 Å². The molecule has 0 aromatic heterocycles. The number of hydrogen-bond donors (Lipinski definition) is 0. The highest BCUT2D eigenvalue weighted by molar-refractivity contribution is 8.79. The van der Waals surface area contributed by atoms with Crippen molar-refractivity contribution in [1.29, 1.82) is 0 Å². The summed E-state index contributed by atoms with van der Waals surface area (Å²) in [6.07, 6.45) is 8.01. The van der Waals surface area contributed by atoms with Crippen LogP contribution in [0.25, 0.3) is 5.76 Å². The van der Waals surface area contributed by atoms with Crippen molar-refractivity contribution in [1.82, 2.24) is 0 Å². The number of fused-ring (bicyclic) bond motifs is 5. The van der Waals surface area contributed by atoms with E-state index in [2.05, 4.69) is 6.07 Å². The van der Waals surface area contributed by atoms with Crippen molar-refractivity contribution in [2.45, 2.75) is 67.5 Å². The van der Waals surface area contributed by atoms with Gasteiger partial charge in [-0.3, -0.25) is 4.79 Å². The summed E-state index contributed by atoms with van der Waals surface area (Å²) in [6, 6.07) is 15.7. The molecule has 1 unspecified atom stereocenters. The molecule has 164 valence electrons. The van der Waals surface area contributed by atoms with Gasteiger partial charge in [-0.1, -0.05) is 24.3 Å². The van der Waals surface area contributed by atoms with E-state index in [9.17, 15) is 4.79 Å². The summed E-state index contributed by atoms with van der Waals surface area (Å²) in [4.78, 5) is 14.2. The third-order valence-electron chi connectivity index (χ3n) is 7.70. The third kappa shape index (κ3) is 2.40. The lowest BCUT2D eigenvalue weighted by Gasteiger charge is -2.52. The lowest BCUT2D eigenvalue weighted by atomic mass is 9.84. The predicted octanol–water partition coefficient (Wildman–Crippen LogP) is 6.76. The van der Waals surface area contributed by atoms with Crippen LogP contribution in [0, 0.1) is 0 Å². The Balaban J connectivity index is 1.43. The van der Waals surface area contributed by atoms with Crippen LogP contribution in [0.3, 0.4) is 0 Å². The van der Waals surface area contributed by atoms with Crippen LogP contribution < -0.4 is 9.47 Å². The Morgan fingerprint density at radius 2 is 1.34 bits per heavy atom. The highest BCUT2D eigenvalue weighted by Gasteiger charge is 2.68. The molecule has 3 spiro atoms. The quantitative estimate of drug-likeness (QED) is 0.402. The van der Waals surface area contributed by atoms with Gasteiger partial charge in [-0.25, -0.2) is 0 Å². The van der Waals surface area contributed by atoms with E-state index in [0.717, 1.165) is 73.3 Å². The molecule has 2 fully saturated rings. The molecule has 5 aliphatic rings. The summed E-state index contributed by atoms with van der Waals surface area (Å²) in [5.41, 5.74) is 0.595. The monoisotopic (exact) mass is 464 g/mol. The number of carbonyl (C=O) groups excluding carboxylic acids is 1. The van der Waals surface area contributed by atoms with E-state index in [1.807, 2.05) is 42.5 Å². The molecule has 3 heterocycles. The fourth-order valence-corrected chi connectivity index (χ4v) is 9.71. The van der Waals surface area contributed by atoms with Gasteiger partial charge in [0.1, 0.15) is 22.9 Å². The molecule has 32 heavy (non-hydrogen) atoms. The maximum atomic E-state index is 14.2. The molecule has 1 atom stereocenters. The van der Waals surface area contributed by atoms with Crippen molar-refractivity contribution in [2.75, 3.05) is 0 Å². The van der Waals surface area contributed by atoms with Crippen molar-refractivity contribution < 1.29 is 19.0 Å². The Morgan fingerprint density at radius 3 is 2.09 bits per heavy atom. The molecule has 7 rings (SSSR count). The minimum Gasteiger partial charge on any atom is -0.481 e. The van der Waals surface area contributed by atoms with Gasteiger partial charge >= 0.3 is 0 Å². The van der Waals surface area contributed by atoms with Gasteiger partial charge in [-0.05, 0) is 97.2 Å². The Kier molecular flexibility index (Phi) is 4.09. The Morgan fingerprint density at radius 1 is 0.719 bits per heavy atom. The first-order valence-corrected chi connectivity index (χ1v) is 13.7. The van der Waals surface area contributed by atoms with E-state index < -0.39 is 10.5 Å². The molecule has 2 aliphatic carbocycles. The Hall–Kier alpha value is -2.05. The van der Waals surface area contributed by atoms with E-state index in [1.54, 1.807) is 21.6 Å². The van der Waals surface area contributed by atoms with Gasteiger partial charge in [0.25, 0.3) is 4.93 Å². The minimum atomic E-state index is -1.09. The van der Waals surface area contributed by atoms with Gasteiger partial charge in [0.2, 0.25) is 5.78 Å². The maximum Gasteiger partial charge on any atom is 0.266 e. The maximum absolute atomic E-state index is 14.2. The van der Waals surface area contributed by atoms with Crippen LogP contribution in [0.5, 0.6) is 11.5 Å². The van der Waals surface area contributed by atoms with Crippen LogP contribution in [0.15, 0.2) is 53.4 Å². The van der Waals surface area contributed by atoms with E-state index in [-0.39, 0.29) is 11.4 Å². The number of ether oxygens (including phenoxy) is 3. The Labute approximate surface area is 195 Å². The van der Waals surface area contributed by atoms with E-state index in [4.69, 9.17) is 14.2 Å². The molecular formula is C26H24O4S2. The molecule has 6 heteroatoms. The summed E-state index contributed by atoms with van der Waals surface area (Å²) in [5.74, 6) is 2.43. The fraction of sp³-hybridized carbons (Fsp3) is 0.423. The molecule has 3 aliphatic heterocycles. The molecule has 0 bridgehead atoms.